The van der Waals surface area contributed by atoms with Crippen molar-refractivity contribution in [3.8, 4) is 0 Å². The van der Waals surface area contributed by atoms with Gasteiger partial charge in [-0.2, -0.15) is 0 Å². The van der Waals surface area contributed by atoms with Crippen molar-refractivity contribution in [2.45, 2.75) is 70.5 Å². The van der Waals surface area contributed by atoms with Crippen LogP contribution in [0.15, 0.2) is 24.3 Å². The van der Waals surface area contributed by atoms with Crippen molar-refractivity contribution in [3.63, 3.8) is 0 Å². The third-order valence-electron chi connectivity index (χ3n) is 7.71. The quantitative estimate of drug-likeness (QED) is 0.217. The molecule has 1 aliphatic heterocycles. The minimum Gasteiger partial charge on any atom is -0.456 e. The predicted molar refractivity (Wildman–Crippen MR) is 155 cm³/mol. The van der Waals surface area contributed by atoms with Crippen molar-refractivity contribution in [3.05, 3.63) is 35.8 Å². The van der Waals surface area contributed by atoms with Gasteiger partial charge in [0.2, 0.25) is 11.8 Å². The maximum atomic E-state index is 14.1. The number of rotatable bonds is 13. The normalized spacial score (nSPS) is 18.8. The van der Waals surface area contributed by atoms with Gasteiger partial charge in [0.05, 0.1) is 11.6 Å². The van der Waals surface area contributed by atoms with Gasteiger partial charge in [0.15, 0.2) is 12.4 Å². The first-order chi connectivity index (χ1) is 19.5. The van der Waals surface area contributed by atoms with Gasteiger partial charge in [-0.3, -0.25) is 24.0 Å². The molecule has 13 heteroatoms. The molecule has 0 spiro atoms. The van der Waals surface area contributed by atoms with E-state index >= 15 is 0 Å². The van der Waals surface area contributed by atoms with Crippen LogP contribution in [-0.2, 0) is 23.9 Å². The molecule has 0 bridgehead atoms. The molecular formula is C29H39ClFN5O6. The van der Waals surface area contributed by atoms with Crippen molar-refractivity contribution in [2.24, 2.45) is 23.5 Å². The number of hydrogen-bond donors (Lipinski definition) is 5. The molecule has 1 aliphatic carbocycles. The van der Waals surface area contributed by atoms with Crippen LogP contribution in [0.2, 0.25) is 0 Å². The number of amides is 3. The average molecular weight is 608 g/mol. The van der Waals surface area contributed by atoms with E-state index in [4.69, 9.17) is 10.5 Å². The van der Waals surface area contributed by atoms with E-state index in [1.165, 1.54) is 18.2 Å². The van der Waals surface area contributed by atoms with Gasteiger partial charge < -0.3 is 31.4 Å². The molecule has 2 aromatic rings. The topological polar surface area (TPSA) is 172 Å². The number of carbonyl (C=O) groups is 5. The third kappa shape index (κ3) is 8.51. The lowest BCUT2D eigenvalue weighted by atomic mass is 9.90. The largest absolute Gasteiger partial charge is 0.456 e. The number of para-hydroxylation sites is 1. The molecular weight excluding hydrogens is 569 g/mol. The molecule has 2 fully saturated rings. The summed E-state index contributed by atoms with van der Waals surface area (Å²) in [5, 5.41) is 8.72. The van der Waals surface area contributed by atoms with Gasteiger partial charge in [0, 0.05) is 17.8 Å². The Labute approximate surface area is 249 Å². The maximum absolute atomic E-state index is 14.1. The molecule has 1 aromatic heterocycles. The number of nitrogens with one attached hydrogen (secondary N) is 4. The molecule has 3 amide bonds. The first kappa shape index (κ1) is 33.0. The highest BCUT2D eigenvalue weighted by Gasteiger charge is 2.35. The van der Waals surface area contributed by atoms with E-state index in [0.717, 1.165) is 19.3 Å². The molecule has 0 unspecified atom stereocenters. The Morgan fingerprint density at radius 2 is 1.83 bits per heavy atom. The number of nitrogens with two attached hydrogens (primary N) is 1. The van der Waals surface area contributed by atoms with Crippen molar-refractivity contribution in [1.29, 1.82) is 0 Å². The van der Waals surface area contributed by atoms with Crippen LogP contribution >= 0.6 is 12.4 Å². The fourth-order valence-electron chi connectivity index (χ4n) is 4.90. The van der Waals surface area contributed by atoms with Crippen molar-refractivity contribution in [1.82, 2.24) is 20.9 Å². The second-order valence-corrected chi connectivity index (χ2v) is 11.4. The van der Waals surface area contributed by atoms with Gasteiger partial charge in [-0.15, -0.1) is 12.4 Å². The Morgan fingerprint density at radius 3 is 2.48 bits per heavy atom. The number of Topliss-reactive ketones (excluding diaryl/α,β-unsaturated/α-hetero) is 1. The molecule has 42 heavy (non-hydrogen) atoms. The summed E-state index contributed by atoms with van der Waals surface area (Å²) >= 11 is 0. The summed E-state index contributed by atoms with van der Waals surface area (Å²) in [5.41, 5.74) is 6.10. The molecule has 1 saturated heterocycles. The molecule has 1 saturated carbocycles. The zero-order valence-electron chi connectivity index (χ0n) is 23.7. The number of benzene rings is 1. The number of ketones is 1. The number of hydrogen-bond acceptors (Lipinski definition) is 7. The highest BCUT2D eigenvalue weighted by Crippen LogP contribution is 2.33. The minimum absolute atomic E-state index is 0. The lowest BCUT2D eigenvalue weighted by molar-refractivity contribution is -0.151. The van der Waals surface area contributed by atoms with E-state index in [9.17, 15) is 28.4 Å². The molecule has 2 aliphatic rings. The zero-order valence-corrected chi connectivity index (χ0v) is 24.6. The number of esters is 1. The Kier molecular flexibility index (Phi) is 11.5. The van der Waals surface area contributed by atoms with Crippen LogP contribution in [0.1, 0.15) is 62.9 Å². The van der Waals surface area contributed by atoms with Gasteiger partial charge >= 0.3 is 5.97 Å². The Hall–Kier alpha value is -3.51. The van der Waals surface area contributed by atoms with Gasteiger partial charge in [0.25, 0.3) is 5.91 Å². The number of H-pyrrole nitrogens is 1. The second-order valence-electron chi connectivity index (χ2n) is 11.4. The molecule has 0 radical (unpaired) electrons. The van der Waals surface area contributed by atoms with Gasteiger partial charge in [-0.1, -0.05) is 38.8 Å². The zero-order chi connectivity index (χ0) is 29.7. The van der Waals surface area contributed by atoms with Crippen LogP contribution in [0, 0.1) is 23.6 Å². The Bertz CT molecular complexity index is 1310. The molecule has 1 aromatic carbocycles. The summed E-state index contributed by atoms with van der Waals surface area (Å²) in [6, 6.07) is 2.98. The second kappa shape index (κ2) is 14.6. The van der Waals surface area contributed by atoms with Crippen LogP contribution in [0.4, 0.5) is 4.39 Å². The van der Waals surface area contributed by atoms with E-state index in [0.29, 0.717) is 24.8 Å². The lowest BCUT2D eigenvalue weighted by Crippen LogP contribution is -2.54. The number of ether oxygens (including phenoxy) is 1. The fourth-order valence-corrected chi connectivity index (χ4v) is 4.90. The van der Waals surface area contributed by atoms with Crippen LogP contribution in [0.3, 0.4) is 0 Å². The van der Waals surface area contributed by atoms with Crippen molar-refractivity contribution in [2.75, 3.05) is 13.2 Å². The monoisotopic (exact) mass is 607 g/mol. The molecule has 6 N–H and O–H groups in total. The molecule has 11 nitrogen and oxygen atoms in total. The summed E-state index contributed by atoms with van der Waals surface area (Å²) < 4.78 is 19.3. The smallest absolute Gasteiger partial charge is 0.323 e. The fraction of sp³-hybridized carbons (Fsp3) is 0.552. The van der Waals surface area contributed by atoms with Gasteiger partial charge in [-0.05, 0) is 49.7 Å². The molecule has 2 heterocycles. The van der Waals surface area contributed by atoms with Gasteiger partial charge in [0.1, 0.15) is 23.6 Å². The SMILES string of the molecule is CC(C)[C@H](N)C(=O)OCC(=O)[C@H](C[C@@H]1CCCNC1=O)NC(=O)[C@H](CC1CC1)NC(=O)c1cc2cccc(F)c2[nH]1.Cl. The maximum Gasteiger partial charge on any atom is 0.323 e. The van der Waals surface area contributed by atoms with E-state index < -0.39 is 60.0 Å². The summed E-state index contributed by atoms with van der Waals surface area (Å²) in [4.78, 5) is 67.2. The first-order valence-corrected chi connectivity index (χ1v) is 14.1. The summed E-state index contributed by atoms with van der Waals surface area (Å²) in [5.74, 6) is -3.68. The number of fused-ring (bicyclic) bond motifs is 1. The number of aromatic amines is 1. The van der Waals surface area contributed by atoms with E-state index in [1.54, 1.807) is 19.9 Å². The summed E-state index contributed by atoms with van der Waals surface area (Å²) in [7, 11) is 0. The number of carbonyl (C=O) groups excluding carboxylic acids is 5. The highest BCUT2D eigenvalue weighted by atomic mass is 35.5. The molecule has 230 valence electrons. The average Bonchev–Trinajstić information content (AvgIpc) is 3.65. The van der Waals surface area contributed by atoms with Crippen LogP contribution in [-0.4, -0.2) is 65.7 Å². The standard InChI is InChI=1S/C29H38FN5O6.ClH/c1-15(2)24(31)29(40)41-14-23(36)20(13-18-6-4-10-32-26(18)37)34-27(38)21(11-16-8-9-16)35-28(39)22-12-17-5-3-7-19(30)25(17)33-22;/h3,5,7,12,15-16,18,20-21,24,33H,4,6,8-11,13-14,31H2,1-2H3,(H,32,37)(H,34,38)(H,35,39);1H/t18-,20-,21-,24-;/m0./s1. The van der Waals surface area contributed by atoms with Gasteiger partial charge in [-0.25, -0.2) is 4.39 Å². The first-order valence-electron chi connectivity index (χ1n) is 14.1. The van der Waals surface area contributed by atoms with Crippen molar-refractivity contribution < 1.29 is 33.1 Å². The van der Waals surface area contributed by atoms with E-state index in [1.807, 2.05) is 0 Å². The highest BCUT2D eigenvalue weighted by molar-refractivity contribution is 6.01. The number of aromatic nitrogens is 1. The summed E-state index contributed by atoms with van der Waals surface area (Å²) in [6.07, 6.45) is 3.48. The molecule has 4 atom stereocenters. The minimum atomic E-state index is -1.12. The summed E-state index contributed by atoms with van der Waals surface area (Å²) in [6.45, 7) is 3.43. The van der Waals surface area contributed by atoms with Crippen LogP contribution < -0.4 is 21.7 Å². The number of piperidine rings is 1. The van der Waals surface area contributed by atoms with Crippen molar-refractivity contribution >= 4 is 52.8 Å². The Balaban J connectivity index is 0.00000484. The molecule has 4 rings (SSSR count). The number of halogens is 2. The predicted octanol–water partition coefficient (Wildman–Crippen LogP) is 2.12. The third-order valence-corrected chi connectivity index (χ3v) is 7.71. The lowest BCUT2D eigenvalue weighted by Gasteiger charge is -2.28. The van der Waals surface area contributed by atoms with E-state index in [-0.39, 0.29) is 47.8 Å². The van der Waals surface area contributed by atoms with Crippen LogP contribution in [0.5, 0.6) is 0 Å². The van der Waals surface area contributed by atoms with E-state index in [2.05, 4.69) is 20.9 Å². The van der Waals surface area contributed by atoms with Crippen LogP contribution in [0.25, 0.3) is 10.9 Å². The Morgan fingerprint density at radius 1 is 1.10 bits per heavy atom.